The van der Waals surface area contributed by atoms with Crippen molar-refractivity contribution >= 4 is 46.6 Å². The summed E-state index contributed by atoms with van der Waals surface area (Å²) in [5.41, 5.74) is 0.971. The Morgan fingerprint density at radius 2 is 2.08 bits per heavy atom. The van der Waals surface area contributed by atoms with E-state index in [1.165, 1.54) is 11.0 Å². The largest absolute Gasteiger partial charge is 0.397 e. The highest BCUT2D eigenvalue weighted by Gasteiger charge is 2.40. The molecule has 0 spiro atoms. The van der Waals surface area contributed by atoms with Gasteiger partial charge in [-0.25, -0.2) is 0 Å². The normalized spacial score (nSPS) is 19.8. The Labute approximate surface area is 140 Å². The lowest BCUT2D eigenvalue weighted by Crippen LogP contribution is -2.53. The molecular formula is C16H11FN2O4S. The second-order valence-electron chi connectivity index (χ2n) is 5.63. The molecule has 0 radical (unpaired) electrons. The van der Waals surface area contributed by atoms with Crippen LogP contribution in [0.25, 0.3) is 10.8 Å². The standard InChI is InChI=1S/C16H11FN2O4S/c17-24-23-9-6-8-2-1-3-11-14(8)10(7-9)16(22)19(11)12-4-5-13(20)18-15(12)21/h1-3,6-7,12H,4-5H2,(H,18,20,21). The Balaban J connectivity index is 1.83. The number of nitrogens with one attached hydrogen (secondary N) is 1. The monoisotopic (exact) mass is 346 g/mol. The van der Waals surface area contributed by atoms with Crippen LogP contribution in [0.5, 0.6) is 5.75 Å². The van der Waals surface area contributed by atoms with Crippen LogP contribution in [0.1, 0.15) is 23.2 Å². The van der Waals surface area contributed by atoms with Gasteiger partial charge in [0, 0.05) is 11.8 Å². The first-order valence-corrected chi connectivity index (χ1v) is 7.93. The lowest BCUT2D eigenvalue weighted by molar-refractivity contribution is -0.134. The molecule has 2 aromatic carbocycles. The van der Waals surface area contributed by atoms with Gasteiger partial charge < -0.3 is 4.18 Å². The van der Waals surface area contributed by atoms with E-state index in [1.807, 2.05) is 0 Å². The number of nitrogens with zero attached hydrogens (tertiary/aromatic N) is 1. The summed E-state index contributed by atoms with van der Waals surface area (Å²) in [6.45, 7) is 0. The van der Waals surface area contributed by atoms with E-state index in [2.05, 4.69) is 5.32 Å². The number of rotatable bonds is 3. The van der Waals surface area contributed by atoms with Gasteiger partial charge in [0.1, 0.15) is 11.8 Å². The van der Waals surface area contributed by atoms with Crippen molar-refractivity contribution in [2.45, 2.75) is 18.9 Å². The highest BCUT2D eigenvalue weighted by molar-refractivity contribution is 7.89. The summed E-state index contributed by atoms with van der Waals surface area (Å²) in [5.74, 6) is -0.958. The lowest BCUT2D eigenvalue weighted by atomic mass is 10.0. The molecule has 24 heavy (non-hydrogen) atoms. The molecule has 1 N–H and O–H groups in total. The molecule has 0 aromatic heterocycles. The number of carbonyl (C=O) groups excluding carboxylic acids is 3. The molecule has 0 saturated carbocycles. The Hall–Kier alpha value is -2.61. The first kappa shape index (κ1) is 14.9. The van der Waals surface area contributed by atoms with Gasteiger partial charge in [0.25, 0.3) is 18.3 Å². The zero-order valence-corrected chi connectivity index (χ0v) is 13.1. The van der Waals surface area contributed by atoms with E-state index < -0.39 is 11.9 Å². The van der Waals surface area contributed by atoms with Crippen molar-refractivity contribution in [1.29, 1.82) is 0 Å². The molecule has 6 nitrogen and oxygen atoms in total. The third kappa shape index (κ3) is 2.14. The maximum Gasteiger partial charge on any atom is 0.272 e. The van der Waals surface area contributed by atoms with E-state index in [-0.39, 0.29) is 42.8 Å². The molecule has 2 aliphatic rings. The molecule has 3 amide bonds. The maximum absolute atomic E-state index is 12.9. The summed E-state index contributed by atoms with van der Waals surface area (Å²) < 4.78 is 17.2. The molecule has 2 aliphatic heterocycles. The van der Waals surface area contributed by atoms with Crippen molar-refractivity contribution in [2.75, 3.05) is 4.90 Å². The van der Waals surface area contributed by atoms with E-state index in [4.69, 9.17) is 4.18 Å². The van der Waals surface area contributed by atoms with Crippen LogP contribution in [0, 0.1) is 0 Å². The molecule has 1 atom stereocenters. The van der Waals surface area contributed by atoms with Crippen molar-refractivity contribution < 1.29 is 22.5 Å². The number of piperidine rings is 1. The summed E-state index contributed by atoms with van der Waals surface area (Å²) in [7, 11) is 0. The van der Waals surface area contributed by atoms with Gasteiger partial charge in [-0.05, 0) is 30.0 Å². The number of hydrogen-bond acceptors (Lipinski definition) is 5. The molecule has 2 heterocycles. The maximum atomic E-state index is 12.9. The molecule has 1 unspecified atom stereocenters. The third-order valence-electron chi connectivity index (χ3n) is 4.29. The van der Waals surface area contributed by atoms with Crippen LogP contribution in [0.3, 0.4) is 0 Å². The first-order chi connectivity index (χ1) is 11.6. The topological polar surface area (TPSA) is 75.7 Å². The van der Waals surface area contributed by atoms with Gasteiger partial charge in [0.05, 0.1) is 11.3 Å². The van der Waals surface area contributed by atoms with Crippen LogP contribution in [0.2, 0.25) is 0 Å². The van der Waals surface area contributed by atoms with Gasteiger partial charge >= 0.3 is 0 Å². The molecule has 122 valence electrons. The number of anilines is 1. The van der Waals surface area contributed by atoms with Crippen LogP contribution < -0.4 is 14.4 Å². The smallest absolute Gasteiger partial charge is 0.272 e. The highest BCUT2D eigenvalue weighted by Crippen LogP contribution is 2.41. The van der Waals surface area contributed by atoms with Crippen molar-refractivity contribution in [3.63, 3.8) is 0 Å². The van der Waals surface area contributed by atoms with Gasteiger partial charge in [0.15, 0.2) is 0 Å². The second kappa shape index (κ2) is 5.48. The number of amides is 3. The Morgan fingerprint density at radius 3 is 2.83 bits per heavy atom. The predicted octanol–water partition coefficient (Wildman–Crippen LogP) is 2.52. The summed E-state index contributed by atoms with van der Waals surface area (Å²) in [4.78, 5) is 37.8. The van der Waals surface area contributed by atoms with E-state index in [9.17, 15) is 18.3 Å². The minimum Gasteiger partial charge on any atom is -0.397 e. The Morgan fingerprint density at radius 1 is 1.25 bits per heavy atom. The van der Waals surface area contributed by atoms with Crippen molar-refractivity contribution in [1.82, 2.24) is 5.32 Å². The van der Waals surface area contributed by atoms with Crippen LogP contribution in [0.15, 0.2) is 30.3 Å². The molecule has 8 heteroatoms. The summed E-state index contributed by atoms with van der Waals surface area (Å²) >= 11 is -0.296. The minimum absolute atomic E-state index is 0.180. The fourth-order valence-corrected chi connectivity index (χ4v) is 3.48. The molecule has 2 aromatic rings. The summed E-state index contributed by atoms with van der Waals surface area (Å²) in [6, 6.07) is 7.66. The van der Waals surface area contributed by atoms with Crippen molar-refractivity contribution in [2.24, 2.45) is 0 Å². The average Bonchev–Trinajstić information content (AvgIpc) is 2.83. The number of halogens is 1. The van der Waals surface area contributed by atoms with Crippen LogP contribution in [-0.4, -0.2) is 23.8 Å². The van der Waals surface area contributed by atoms with E-state index >= 15 is 0 Å². The third-order valence-corrected chi connectivity index (χ3v) is 4.54. The summed E-state index contributed by atoms with van der Waals surface area (Å²) in [6.07, 6.45) is 0.448. The van der Waals surface area contributed by atoms with E-state index in [0.717, 1.165) is 5.39 Å². The first-order valence-electron chi connectivity index (χ1n) is 7.29. The number of imide groups is 1. The predicted molar refractivity (Wildman–Crippen MR) is 86.3 cm³/mol. The molecule has 1 saturated heterocycles. The van der Waals surface area contributed by atoms with E-state index in [1.54, 1.807) is 24.3 Å². The molecule has 4 rings (SSSR count). The number of carbonyl (C=O) groups is 3. The van der Waals surface area contributed by atoms with Crippen LogP contribution in [0.4, 0.5) is 9.57 Å². The number of hydrogen-bond donors (Lipinski definition) is 1. The fraction of sp³-hybridized carbons (Fsp3) is 0.188. The van der Waals surface area contributed by atoms with Crippen molar-refractivity contribution in [3.8, 4) is 5.75 Å². The summed E-state index contributed by atoms with van der Waals surface area (Å²) in [5, 5.41) is 3.69. The quantitative estimate of drug-likeness (QED) is 0.683. The average molecular weight is 346 g/mol. The Bertz CT molecular complexity index is 901. The minimum atomic E-state index is -0.742. The van der Waals surface area contributed by atoms with E-state index in [0.29, 0.717) is 16.6 Å². The van der Waals surface area contributed by atoms with Gasteiger partial charge in [-0.1, -0.05) is 12.1 Å². The molecule has 1 fully saturated rings. The van der Waals surface area contributed by atoms with Crippen LogP contribution >= 0.6 is 12.4 Å². The van der Waals surface area contributed by atoms with Gasteiger partial charge in [-0.3, -0.25) is 24.6 Å². The fourth-order valence-electron chi connectivity index (χ4n) is 3.31. The molecule has 0 aliphatic carbocycles. The molecule has 0 bridgehead atoms. The molecular weight excluding hydrogens is 335 g/mol. The van der Waals surface area contributed by atoms with Gasteiger partial charge in [-0.15, -0.1) is 3.89 Å². The number of benzene rings is 2. The zero-order chi connectivity index (χ0) is 16.8. The van der Waals surface area contributed by atoms with Crippen LogP contribution in [-0.2, 0) is 9.59 Å². The second-order valence-corrected chi connectivity index (χ2v) is 5.93. The highest BCUT2D eigenvalue weighted by atomic mass is 32.2. The lowest BCUT2D eigenvalue weighted by Gasteiger charge is -2.30. The Kier molecular flexibility index (Phi) is 3.42. The SMILES string of the molecule is O=C1CCC(N2C(=O)c3cc(OSF)cc4cccc2c34)C(=O)N1. The van der Waals surface area contributed by atoms with Crippen molar-refractivity contribution in [3.05, 3.63) is 35.9 Å². The van der Waals surface area contributed by atoms with Gasteiger partial charge in [0.2, 0.25) is 11.8 Å². The zero-order valence-electron chi connectivity index (χ0n) is 12.2. The van der Waals surface area contributed by atoms with Gasteiger partial charge in [-0.2, -0.15) is 0 Å².